The third-order valence-electron chi connectivity index (χ3n) is 17.8. The molecular weight excluding hydrogens is 1010 g/mol. The number of allylic oxidation sites excluding steroid dienone is 6. The van der Waals surface area contributed by atoms with Crippen molar-refractivity contribution >= 4 is 5.91 Å². The van der Waals surface area contributed by atoms with Gasteiger partial charge in [-0.15, -0.1) is 0 Å². The zero-order valence-corrected chi connectivity index (χ0v) is 55.5. The van der Waals surface area contributed by atoms with Crippen molar-refractivity contribution in [2.24, 2.45) is 0 Å². The van der Waals surface area contributed by atoms with Gasteiger partial charge >= 0.3 is 0 Å². The van der Waals surface area contributed by atoms with Gasteiger partial charge in [0, 0.05) is 0 Å². The van der Waals surface area contributed by atoms with E-state index in [0.717, 1.165) is 38.5 Å². The Bertz CT molecular complexity index is 1300. The van der Waals surface area contributed by atoms with Gasteiger partial charge in [-0.2, -0.15) is 0 Å². The first-order chi connectivity index (χ1) is 40.5. The minimum absolute atomic E-state index is 0.363. The van der Waals surface area contributed by atoms with Gasteiger partial charge in [-0.25, -0.2) is 0 Å². The van der Waals surface area contributed by atoms with Gasteiger partial charge in [0.25, 0.3) is 0 Å². The van der Waals surface area contributed by atoms with Crippen LogP contribution in [0.4, 0.5) is 0 Å². The van der Waals surface area contributed by atoms with Crippen molar-refractivity contribution in [3.63, 3.8) is 0 Å². The van der Waals surface area contributed by atoms with Crippen molar-refractivity contribution in [3.8, 4) is 0 Å². The number of aliphatic hydroxyl groups is 4. The number of carbonyl (C=O) groups is 1. The predicted octanol–water partition coefficient (Wildman–Crippen LogP) is 23.4. The molecule has 0 bridgehead atoms. The maximum atomic E-state index is 12.7. The van der Waals surface area contributed by atoms with Crippen molar-refractivity contribution in [3.05, 3.63) is 36.5 Å². The van der Waals surface area contributed by atoms with Crippen molar-refractivity contribution in [1.29, 1.82) is 0 Å². The van der Waals surface area contributed by atoms with Crippen LogP contribution in [0, 0.1) is 0 Å². The van der Waals surface area contributed by atoms with Crippen LogP contribution in [0.15, 0.2) is 36.5 Å². The molecule has 0 saturated carbocycles. The smallest absolute Gasteiger partial charge is 0.249 e. The summed E-state index contributed by atoms with van der Waals surface area (Å²) >= 11 is 0. The van der Waals surface area contributed by atoms with Crippen molar-refractivity contribution in [2.75, 3.05) is 6.61 Å². The second-order valence-corrected chi connectivity index (χ2v) is 26.0. The lowest BCUT2D eigenvalue weighted by Gasteiger charge is -2.27. The Labute approximate surface area is 513 Å². The van der Waals surface area contributed by atoms with Crippen LogP contribution >= 0.6 is 0 Å². The lowest BCUT2D eigenvalue weighted by Crippen LogP contribution is -2.53. The largest absolute Gasteiger partial charge is 0.394 e. The molecule has 4 unspecified atom stereocenters. The highest BCUT2D eigenvalue weighted by Gasteiger charge is 2.28. The number of unbranched alkanes of at least 4 members (excludes halogenated alkanes) is 55. The topological polar surface area (TPSA) is 110 Å². The molecule has 0 saturated heterocycles. The van der Waals surface area contributed by atoms with E-state index in [9.17, 15) is 25.2 Å². The van der Waals surface area contributed by atoms with E-state index < -0.39 is 36.9 Å². The first kappa shape index (κ1) is 80.5. The van der Waals surface area contributed by atoms with E-state index in [-0.39, 0.29) is 0 Å². The van der Waals surface area contributed by atoms with Gasteiger partial charge in [0.15, 0.2) is 0 Å². The number of rotatable bonds is 70. The van der Waals surface area contributed by atoms with Gasteiger partial charge in [-0.3, -0.25) is 4.79 Å². The molecule has 0 aromatic carbocycles. The molecule has 5 N–H and O–H groups in total. The molecule has 6 nitrogen and oxygen atoms in total. The average Bonchev–Trinajstić information content (AvgIpc) is 3.48. The van der Waals surface area contributed by atoms with Crippen LogP contribution in [-0.4, -0.2) is 57.3 Å². The summed E-state index contributed by atoms with van der Waals surface area (Å²) < 4.78 is 0. The number of carbonyl (C=O) groups excluding carboxylic acids is 1. The van der Waals surface area contributed by atoms with E-state index in [1.807, 2.05) is 0 Å². The third kappa shape index (κ3) is 63.0. The summed E-state index contributed by atoms with van der Waals surface area (Å²) in [5.74, 6) is -0.591. The molecular formula is C76H147NO5. The minimum Gasteiger partial charge on any atom is -0.394 e. The highest BCUT2D eigenvalue weighted by Crippen LogP contribution is 2.20. The summed E-state index contributed by atoms with van der Waals surface area (Å²) in [7, 11) is 0. The zero-order valence-electron chi connectivity index (χ0n) is 55.5. The monoisotopic (exact) mass is 1150 g/mol. The van der Waals surface area contributed by atoms with Crippen molar-refractivity contribution in [2.45, 2.75) is 436 Å². The molecule has 6 heteroatoms. The molecule has 0 aromatic heterocycles. The molecule has 0 aliphatic heterocycles. The fourth-order valence-electron chi connectivity index (χ4n) is 12.0. The van der Waals surface area contributed by atoms with Gasteiger partial charge in [-0.05, 0) is 77.0 Å². The fraction of sp³-hybridized carbons (Fsp3) is 0.908. The van der Waals surface area contributed by atoms with Crippen LogP contribution in [0.2, 0.25) is 0 Å². The molecule has 0 aromatic rings. The van der Waals surface area contributed by atoms with E-state index in [1.54, 1.807) is 0 Å². The lowest BCUT2D eigenvalue weighted by molar-refractivity contribution is -0.132. The maximum absolute atomic E-state index is 12.7. The normalized spacial score (nSPS) is 13.6. The van der Waals surface area contributed by atoms with Crippen LogP contribution in [0.5, 0.6) is 0 Å². The predicted molar refractivity (Wildman–Crippen MR) is 362 cm³/mol. The molecule has 0 radical (unpaired) electrons. The standard InChI is InChI=1S/C76H147NO5/c1-3-5-7-9-11-13-15-17-19-21-23-25-27-29-31-33-35-37-38-40-42-44-46-48-50-52-54-56-58-60-62-64-66-68-70-74(80)76(82)77-72(71-78)75(81)73(79)69-67-65-63-61-59-57-55-53-51-49-47-45-43-41-39-36-34-32-30-28-26-24-22-20-18-16-14-12-10-8-6-4-2/h33,35,53,55,61,63,72-75,78-81H,3-32,34,36-52,54,56-60,62,64-71H2,1-2H3,(H,77,82)/b35-33-,55-53+,63-61+. The molecule has 0 rings (SSSR count). The van der Waals surface area contributed by atoms with Gasteiger partial charge in [0.2, 0.25) is 5.91 Å². The first-order valence-electron chi connectivity index (χ1n) is 37.4. The first-order valence-corrected chi connectivity index (χ1v) is 37.4. The number of aliphatic hydroxyl groups excluding tert-OH is 4. The second kappa shape index (κ2) is 70.3. The van der Waals surface area contributed by atoms with Gasteiger partial charge in [-0.1, -0.05) is 371 Å². The molecule has 0 heterocycles. The number of hydrogen-bond acceptors (Lipinski definition) is 5. The van der Waals surface area contributed by atoms with Gasteiger partial charge in [0.1, 0.15) is 12.2 Å². The summed E-state index contributed by atoms with van der Waals surface area (Å²) in [4.78, 5) is 12.7. The fourth-order valence-corrected chi connectivity index (χ4v) is 12.0. The summed E-state index contributed by atoms with van der Waals surface area (Å²) in [5, 5.41) is 44.2. The zero-order chi connectivity index (χ0) is 59.4. The molecule has 0 spiro atoms. The number of amides is 1. The highest BCUT2D eigenvalue weighted by molar-refractivity contribution is 5.80. The van der Waals surface area contributed by atoms with E-state index in [0.29, 0.717) is 19.3 Å². The summed E-state index contributed by atoms with van der Waals surface area (Å²) in [6.07, 6.45) is 91.6. The maximum Gasteiger partial charge on any atom is 0.249 e. The second-order valence-electron chi connectivity index (χ2n) is 26.0. The Balaban J connectivity index is 3.56. The van der Waals surface area contributed by atoms with Crippen LogP contribution in [0.1, 0.15) is 412 Å². The van der Waals surface area contributed by atoms with Crippen LogP contribution < -0.4 is 5.32 Å². The third-order valence-corrected chi connectivity index (χ3v) is 17.8. The molecule has 4 atom stereocenters. The van der Waals surface area contributed by atoms with E-state index in [1.165, 1.54) is 340 Å². The molecule has 1 amide bonds. The van der Waals surface area contributed by atoms with E-state index in [4.69, 9.17) is 0 Å². The Hall–Kier alpha value is -1.47. The Morgan fingerprint density at radius 3 is 0.768 bits per heavy atom. The summed E-state index contributed by atoms with van der Waals surface area (Å²) in [6.45, 7) is 4.10. The van der Waals surface area contributed by atoms with Gasteiger partial charge in [0.05, 0.1) is 18.8 Å². The lowest BCUT2D eigenvalue weighted by atomic mass is 10.00. The Morgan fingerprint density at radius 1 is 0.293 bits per heavy atom. The molecule has 0 aliphatic carbocycles. The summed E-state index contributed by atoms with van der Waals surface area (Å²) in [6, 6.07) is -1.01. The Morgan fingerprint density at radius 2 is 0.512 bits per heavy atom. The average molecular weight is 1160 g/mol. The summed E-state index contributed by atoms with van der Waals surface area (Å²) in [5.41, 5.74) is 0. The molecule has 486 valence electrons. The Kier molecular flexibility index (Phi) is 69.0. The van der Waals surface area contributed by atoms with E-state index >= 15 is 0 Å². The van der Waals surface area contributed by atoms with Crippen molar-refractivity contribution < 1.29 is 25.2 Å². The highest BCUT2D eigenvalue weighted by atomic mass is 16.3. The molecule has 0 fully saturated rings. The molecule has 0 aliphatic rings. The number of nitrogens with one attached hydrogen (secondary N) is 1. The SMILES string of the molecule is CCCCCCCCCCCCCCCC/C=C\CCCCCCCCCCCCCCCCCCC(O)C(=O)NC(CO)C(O)C(O)CCC/C=C/CC/C=C/CCCCCCCCCCCCCCCCCCCCCCCCC. The van der Waals surface area contributed by atoms with Crippen LogP contribution in [0.3, 0.4) is 0 Å². The number of hydrogen-bond donors (Lipinski definition) is 5. The quantitative estimate of drug-likeness (QED) is 0.0308. The van der Waals surface area contributed by atoms with E-state index in [2.05, 4.69) is 55.6 Å². The minimum atomic E-state index is -1.29. The van der Waals surface area contributed by atoms with Gasteiger partial charge < -0.3 is 25.7 Å². The molecule has 82 heavy (non-hydrogen) atoms. The van der Waals surface area contributed by atoms with Crippen LogP contribution in [-0.2, 0) is 4.79 Å². The van der Waals surface area contributed by atoms with Crippen LogP contribution in [0.25, 0.3) is 0 Å². The van der Waals surface area contributed by atoms with Crippen molar-refractivity contribution in [1.82, 2.24) is 5.32 Å².